The van der Waals surface area contributed by atoms with E-state index in [0.29, 0.717) is 19.1 Å². The highest BCUT2D eigenvalue weighted by atomic mass is 35.5. The van der Waals surface area contributed by atoms with E-state index in [9.17, 15) is 0 Å². The lowest BCUT2D eigenvalue weighted by atomic mass is 9.84. The summed E-state index contributed by atoms with van der Waals surface area (Å²) in [4.78, 5) is 2.32. The number of hydrogen-bond donors (Lipinski definition) is 1. The molecule has 0 heterocycles. The van der Waals surface area contributed by atoms with Crippen LogP contribution in [0, 0.1) is 5.92 Å². The van der Waals surface area contributed by atoms with Crippen molar-refractivity contribution in [3.05, 3.63) is 34.9 Å². The first-order valence-electron chi connectivity index (χ1n) is 7.06. The van der Waals surface area contributed by atoms with Crippen molar-refractivity contribution in [1.29, 1.82) is 0 Å². The van der Waals surface area contributed by atoms with Gasteiger partial charge in [0.1, 0.15) is 0 Å². The molecule has 0 saturated carbocycles. The molecule has 2 unspecified atom stereocenters. The van der Waals surface area contributed by atoms with E-state index in [1.165, 1.54) is 5.56 Å². The monoisotopic (exact) mass is 298 g/mol. The summed E-state index contributed by atoms with van der Waals surface area (Å²) in [6, 6.07) is 8.23. The molecule has 20 heavy (non-hydrogen) atoms. The van der Waals surface area contributed by atoms with Crippen LogP contribution in [0.1, 0.15) is 32.4 Å². The lowest BCUT2D eigenvalue weighted by Gasteiger charge is -2.47. The Morgan fingerprint density at radius 1 is 1.25 bits per heavy atom. The normalized spacial score (nSPS) is 16.4. The van der Waals surface area contributed by atoms with E-state index in [4.69, 9.17) is 22.1 Å². The third kappa shape index (κ3) is 3.53. The van der Waals surface area contributed by atoms with Crippen LogP contribution in [0.3, 0.4) is 0 Å². The molecule has 0 spiro atoms. The van der Waals surface area contributed by atoms with Gasteiger partial charge in [-0.1, -0.05) is 37.6 Å². The minimum Gasteiger partial charge on any atom is -0.383 e. The minimum atomic E-state index is -0.173. The highest BCUT2D eigenvalue weighted by Crippen LogP contribution is 2.32. The van der Waals surface area contributed by atoms with Gasteiger partial charge >= 0.3 is 0 Å². The molecule has 4 heteroatoms. The molecule has 0 aliphatic heterocycles. The Hall–Kier alpha value is -0.610. The van der Waals surface area contributed by atoms with Gasteiger partial charge in [-0.25, -0.2) is 0 Å². The number of rotatable bonds is 7. The molecule has 0 radical (unpaired) electrons. The van der Waals surface area contributed by atoms with E-state index in [1.807, 2.05) is 12.1 Å². The zero-order chi connectivity index (χ0) is 15.3. The molecule has 0 bridgehead atoms. The van der Waals surface area contributed by atoms with E-state index < -0.39 is 0 Å². The Balaban J connectivity index is 3.04. The van der Waals surface area contributed by atoms with Gasteiger partial charge in [0.15, 0.2) is 0 Å². The van der Waals surface area contributed by atoms with Crippen LogP contribution in [0.4, 0.5) is 0 Å². The number of ether oxygens (including phenoxy) is 1. The summed E-state index contributed by atoms with van der Waals surface area (Å²) in [6.07, 6.45) is 0. The highest BCUT2D eigenvalue weighted by Gasteiger charge is 2.39. The third-order valence-electron chi connectivity index (χ3n) is 4.46. The maximum Gasteiger partial charge on any atom is 0.0661 e. The quantitative estimate of drug-likeness (QED) is 0.839. The lowest BCUT2D eigenvalue weighted by Crippen LogP contribution is -2.59. The van der Waals surface area contributed by atoms with Crippen LogP contribution in [0.2, 0.25) is 5.02 Å². The number of nitrogens with two attached hydrogens (primary N) is 1. The Bertz CT molecular complexity index is 407. The maximum atomic E-state index is 6.09. The Morgan fingerprint density at radius 2 is 1.80 bits per heavy atom. The van der Waals surface area contributed by atoms with E-state index in [0.717, 1.165) is 5.02 Å². The second-order valence-corrected chi connectivity index (χ2v) is 6.17. The zero-order valence-electron chi connectivity index (χ0n) is 13.2. The van der Waals surface area contributed by atoms with Crippen LogP contribution in [0.5, 0.6) is 0 Å². The van der Waals surface area contributed by atoms with Gasteiger partial charge in [0, 0.05) is 24.7 Å². The third-order valence-corrected chi connectivity index (χ3v) is 4.71. The molecule has 1 aromatic carbocycles. The number of hydrogen-bond acceptors (Lipinski definition) is 3. The van der Waals surface area contributed by atoms with E-state index in [1.54, 1.807) is 7.11 Å². The van der Waals surface area contributed by atoms with Gasteiger partial charge in [-0.3, -0.25) is 4.90 Å². The molecule has 0 fully saturated rings. The van der Waals surface area contributed by atoms with Crippen LogP contribution in [0.25, 0.3) is 0 Å². The first kappa shape index (κ1) is 17.4. The minimum absolute atomic E-state index is 0.173. The first-order chi connectivity index (χ1) is 9.39. The Morgan fingerprint density at radius 3 is 2.20 bits per heavy atom. The second kappa shape index (κ2) is 7.41. The van der Waals surface area contributed by atoms with Crippen molar-refractivity contribution in [3.8, 4) is 0 Å². The largest absolute Gasteiger partial charge is 0.383 e. The molecule has 0 aliphatic carbocycles. The molecule has 0 saturated heterocycles. The van der Waals surface area contributed by atoms with Crippen molar-refractivity contribution in [1.82, 2.24) is 4.90 Å². The summed E-state index contributed by atoms with van der Waals surface area (Å²) >= 11 is 5.96. The van der Waals surface area contributed by atoms with Crippen molar-refractivity contribution in [2.24, 2.45) is 11.7 Å². The van der Waals surface area contributed by atoms with Gasteiger partial charge < -0.3 is 10.5 Å². The van der Waals surface area contributed by atoms with Crippen LogP contribution in [0.15, 0.2) is 24.3 Å². The number of likely N-dealkylation sites (N-methyl/N-ethyl adjacent to an activating group) is 1. The van der Waals surface area contributed by atoms with Crippen LogP contribution in [-0.2, 0) is 4.74 Å². The number of halogens is 1. The lowest BCUT2D eigenvalue weighted by molar-refractivity contribution is -0.0215. The molecule has 1 rings (SSSR count). The fourth-order valence-corrected chi connectivity index (χ4v) is 2.84. The average Bonchev–Trinajstić information content (AvgIpc) is 2.43. The molecule has 0 amide bonds. The summed E-state index contributed by atoms with van der Waals surface area (Å²) in [5.74, 6) is 0.396. The van der Waals surface area contributed by atoms with Crippen LogP contribution in [-0.4, -0.2) is 37.7 Å². The van der Waals surface area contributed by atoms with E-state index >= 15 is 0 Å². The van der Waals surface area contributed by atoms with Crippen molar-refractivity contribution in [2.45, 2.75) is 32.4 Å². The number of benzene rings is 1. The van der Waals surface area contributed by atoms with E-state index in [-0.39, 0.29) is 11.6 Å². The molecule has 3 nitrogen and oxygen atoms in total. The summed E-state index contributed by atoms with van der Waals surface area (Å²) in [6.45, 7) is 7.75. The van der Waals surface area contributed by atoms with Crippen molar-refractivity contribution >= 4 is 11.6 Å². The second-order valence-electron chi connectivity index (χ2n) is 5.73. The number of nitrogens with zero attached hydrogens (tertiary/aromatic N) is 1. The summed E-state index contributed by atoms with van der Waals surface area (Å²) in [5.41, 5.74) is 7.15. The summed E-state index contributed by atoms with van der Waals surface area (Å²) in [7, 11) is 3.85. The molecule has 2 atom stereocenters. The van der Waals surface area contributed by atoms with Gasteiger partial charge in [0.2, 0.25) is 0 Å². The van der Waals surface area contributed by atoms with Gasteiger partial charge in [-0.05, 0) is 37.6 Å². The van der Waals surface area contributed by atoms with Crippen LogP contribution < -0.4 is 5.73 Å². The number of methoxy groups -OCH3 is 1. The van der Waals surface area contributed by atoms with Gasteiger partial charge in [-0.2, -0.15) is 0 Å². The standard InChI is InChI=1S/C16H27ClN2O/c1-12(2)16(10-18,11-20-5)19(4)13(3)14-6-8-15(17)9-7-14/h6-9,12-13H,10-11,18H2,1-5H3. The molecule has 1 aromatic rings. The Labute approximate surface area is 128 Å². The summed E-state index contributed by atoms with van der Waals surface area (Å²) in [5, 5.41) is 0.759. The predicted molar refractivity (Wildman–Crippen MR) is 86.1 cm³/mol. The van der Waals surface area contributed by atoms with Crippen molar-refractivity contribution in [3.63, 3.8) is 0 Å². The molecule has 114 valence electrons. The van der Waals surface area contributed by atoms with Gasteiger partial charge in [0.25, 0.3) is 0 Å². The van der Waals surface area contributed by atoms with Gasteiger partial charge in [0.05, 0.1) is 12.1 Å². The summed E-state index contributed by atoms with van der Waals surface area (Å²) < 4.78 is 5.44. The van der Waals surface area contributed by atoms with E-state index in [2.05, 4.69) is 44.9 Å². The topological polar surface area (TPSA) is 38.5 Å². The molecule has 2 N–H and O–H groups in total. The predicted octanol–water partition coefficient (Wildman–Crippen LogP) is 3.33. The first-order valence-corrected chi connectivity index (χ1v) is 7.44. The molecule has 0 aromatic heterocycles. The molecular formula is C16H27ClN2O. The average molecular weight is 299 g/mol. The Kier molecular flexibility index (Phi) is 6.46. The molecule has 0 aliphatic rings. The fraction of sp³-hybridized carbons (Fsp3) is 0.625. The van der Waals surface area contributed by atoms with Crippen molar-refractivity contribution < 1.29 is 4.74 Å². The van der Waals surface area contributed by atoms with Crippen molar-refractivity contribution in [2.75, 3.05) is 27.3 Å². The maximum absolute atomic E-state index is 6.09. The van der Waals surface area contributed by atoms with Crippen LogP contribution >= 0.6 is 11.6 Å². The zero-order valence-corrected chi connectivity index (χ0v) is 13.9. The highest BCUT2D eigenvalue weighted by molar-refractivity contribution is 6.30. The smallest absolute Gasteiger partial charge is 0.0661 e. The SMILES string of the molecule is COCC(CN)(C(C)C)N(C)C(C)c1ccc(Cl)cc1. The molecular weight excluding hydrogens is 272 g/mol. The van der Waals surface area contributed by atoms with Gasteiger partial charge in [-0.15, -0.1) is 0 Å². The fourth-order valence-electron chi connectivity index (χ4n) is 2.71.